The number of amides is 1. The lowest BCUT2D eigenvalue weighted by Gasteiger charge is -2.20. The minimum Gasteiger partial charge on any atom is -0.486 e. The van der Waals surface area contributed by atoms with Crippen LogP contribution in [0.2, 0.25) is 5.02 Å². The van der Waals surface area contributed by atoms with Gasteiger partial charge in [0.1, 0.15) is 24.7 Å². The van der Waals surface area contributed by atoms with Gasteiger partial charge in [-0.15, -0.1) is 0 Å². The maximum atomic E-state index is 13.2. The smallest absolute Gasteiger partial charge is 0.259 e. The first-order chi connectivity index (χ1) is 15.1. The minimum atomic E-state index is -0.371. The molecule has 1 aliphatic rings. The average Bonchev–Trinajstić information content (AvgIpc) is 3.41. The zero-order valence-corrected chi connectivity index (χ0v) is 17.3. The zero-order chi connectivity index (χ0) is 21.4. The first-order valence-corrected chi connectivity index (χ1v) is 10.1. The van der Waals surface area contributed by atoms with Crippen LogP contribution in [0.15, 0.2) is 65.2 Å². The molecule has 156 valence electrons. The highest BCUT2D eigenvalue weighted by Crippen LogP contribution is 2.38. The number of benzene rings is 2. The molecule has 0 fully saturated rings. The molecule has 5 rings (SSSR count). The van der Waals surface area contributed by atoms with E-state index in [9.17, 15) is 4.79 Å². The van der Waals surface area contributed by atoms with Crippen molar-refractivity contribution in [2.24, 2.45) is 0 Å². The van der Waals surface area contributed by atoms with Crippen LogP contribution in [-0.4, -0.2) is 28.9 Å². The van der Waals surface area contributed by atoms with Gasteiger partial charge in [-0.2, -0.15) is 5.10 Å². The second-order valence-electron chi connectivity index (χ2n) is 7.01. The van der Waals surface area contributed by atoms with Crippen molar-refractivity contribution in [2.45, 2.75) is 6.92 Å². The molecule has 2 aromatic carbocycles. The van der Waals surface area contributed by atoms with E-state index in [0.29, 0.717) is 52.4 Å². The SMILES string of the molecule is Cc1ccc(-c2nn(-c3ccccc3)cc2C(=O)Nc2cc3c(cc2Cl)OCCO3)o1. The van der Waals surface area contributed by atoms with E-state index in [2.05, 4.69) is 10.4 Å². The Balaban J connectivity index is 1.53. The second-order valence-corrected chi connectivity index (χ2v) is 7.42. The number of anilines is 1. The van der Waals surface area contributed by atoms with Crippen LogP contribution in [0, 0.1) is 6.92 Å². The Bertz CT molecular complexity index is 1260. The molecule has 8 heteroatoms. The Morgan fingerprint density at radius 2 is 1.81 bits per heavy atom. The lowest BCUT2D eigenvalue weighted by atomic mass is 10.2. The zero-order valence-electron chi connectivity index (χ0n) is 16.6. The van der Waals surface area contributed by atoms with Gasteiger partial charge in [0.2, 0.25) is 0 Å². The van der Waals surface area contributed by atoms with E-state index in [1.165, 1.54) is 0 Å². The number of carbonyl (C=O) groups excluding carboxylic acids is 1. The number of furan rings is 1. The molecule has 3 heterocycles. The van der Waals surface area contributed by atoms with Gasteiger partial charge in [0.05, 0.1) is 22.0 Å². The Morgan fingerprint density at radius 3 is 2.52 bits per heavy atom. The van der Waals surface area contributed by atoms with Crippen LogP contribution in [0.3, 0.4) is 0 Å². The van der Waals surface area contributed by atoms with Gasteiger partial charge < -0.3 is 19.2 Å². The molecular formula is C23H18ClN3O4. The largest absolute Gasteiger partial charge is 0.486 e. The Labute approximate surface area is 183 Å². The Hall–Kier alpha value is -3.71. The summed E-state index contributed by atoms with van der Waals surface area (Å²) in [6.45, 7) is 2.74. The van der Waals surface area contributed by atoms with E-state index in [4.69, 9.17) is 25.5 Å². The van der Waals surface area contributed by atoms with Gasteiger partial charge in [0.15, 0.2) is 17.3 Å². The van der Waals surface area contributed by atoms with Crippen LogP contribution in [-0.2, 0) is 0 Å². The standard InChI is InChI=1S/C23H18ClN3O4/c1-14-7-8-19(31-14)22-16(13-27(26-22)15-5-3-2-4-6-15)23(28)25-18-12-21-20(11-17(18)24)29-9-10-30-21/h2-8,11-13H,9-10H2,1H3,(H,25,28). The molecule has 0 aliphatic carbocycles. The monoisotopic (exact) mass is 435 g/mol. The van der Waals surface area contributed by atoms with Crippen molar-refractivity contribution in [1.82, 2.24) is 9.78 Å². The Kier molecular flexibility index (Phi) is 4.88. The van der Waals surface area contributed by atoms with Crippen LogP contribution in [0.5, 0.6) is 11.5 Å². The lowest BCUT2D eigenvalue weighted by Crippen LogP contribution is -2.17. The predicted molar refractivity (Wildman–Crippen MR) is 116 cm³/mol. The highest BCUT2D eigenvalue weighted by atomic mass is 35.5. The number of nitrogens with one attached hydrogen (secondary N) is 1. The number of carbonyl (C=O) groups is 1. The molecule has 0 radical (unpaired) electrons. The van der Waals surface area contributed by atoms with E-state index in [1.54, 1.807) is 29.1 Å². The fourth-order valence-corrected chi connectivity index (χ4v) is 3.55. The summed E-state index contributed by atoms with van der Waals surface area (Å²) in [7, 11) is 0. The quantitative estimate of drug-likeness (QED) is 0.481. The third-order valence-corrected chi connectivity index (χ3v) is 5.15. The lowest BCUT2D eigenvalue weighted by molar-refractivity contribution is 0.102. The number of hydrogen-bond acceptors (Lipinski definition) is 5. The van der Waals surface area contributed by atoms with E-state index in [0.717, 1.165) is 11.4 Å². The average molecular weight is 436 g/mol. The summed E-state index contributed by atoms with van der Waals surface area (Å²) >= 11 is 6.36. The summed E-state index contributed by atoms with van der Waals surface area (Å²) in [5, 5.41) is 7.81. The maximum absolute atomic E-state index is 13.2. The van der Waals surface area contributed by atoms with Gasteiger partial charge in [-0.1, -0.05) is 29.8 Å². The van der Waals surface area contributed by atoms with Crippen molar-refractivity contribution in [3.63, 3.8) is 0 Å². The molecule has 31 heavy (non-hydrogen) atoms. The fourth-order valence-electron chi connectivity index (χ4n) is 3.35. The molecule has 0 spiro atoms. The molecular weight excluding hydrogens is 418 g/mol. The normalized spacial score (nSPS) is 12.6. The first-order valence-electron chi connectivity index (χ1n) is 9.71. The molecule has 7 nitrogen and oxygen atoms in total. The summed E-state index contributed by atoms with van der Waals surface area (Å²) in [4.78, 5) is 13.2. The highest BCUT2D eigenvalue weighted by molar-refractivity contribution is 6.34. The molecule has 0 bridgehead atoms. The molecule has 0 saturated heterocycles. The van der Waals surface area contributed by atoms with Crippen molar-refractivity contribution >= 4 is 23.2 Å². The number of aryl methyl sites for hydroxylation is 1. The number of para-hydroxylation sites is 1. The van der Waals surface area contributed by atoms with E-state index >= 15 is 0 Å². The molecule has 0 saturated carbocycles. The highest BCUT2D eigenvalue weighted by Gasteiger charge is 2.23. The summed E-state index contributed by atoms with van der Waals surface area (Å²) in [5.41, 5.74) is 2.03. The maximum Gasteiger partial charge on any atom is 0.259 e. The van der Waals surface area contributed by atoms with Gasteiger partial charge in [-0.25, -0.2) is 4.68 Å². The number of nitrogens with zero attached hydrogens (tertiary/aromatic N) is 2. The summed E-state index contributed by atoms with van der Waals surface area (Å²) in [6.07, 6.45) is 1.67. The van der Waals surface area contributed by atoms with Gasteiger partial charge in [0.25, 0.3) is 5.91 Å². The van der Waals surface area contributed by atoms with Crippen molar-refractivity contribution in [1.29, 1.82) is 0 Å². The Morgan fingerprint density at radius 1 is 1.06 bits per heavy atom. The van der Waals surface area contributed by atoms with Crippen LogP contribution in [0.1, 0.15) is 16.1 Å². The van der Waals surface area contributed by atoms with Crippen molar-refractivity contribution in [3.8, 4) is 28.6 Å². The summed E-state index contributed by atoms with van der Waals surface area (Å²) < 4.78 is 18.5. The molecule has 2 aromatic heterocycles. The van der Waals surface area contributed by atoms with E-state index in [1.807, 2.05) is 43.3 Å². The second kappa shape index (κ2) is 7.85. The topological polar surface area (TPSA) is 78.5 Å². The number of fused-ring (bicyclic) bond motifs is 1. The van der Waals surface area contributed by atoms with E-state index in [-0.39, 0.29) is 5.91 Å². The fraction of sp³-hybridized carbons (Fsp3) is 0.130. The minimum absolute atomic E-state index is 0.350. The number of aromatic nitrogens is 2. The van der Waals surface area contributed by atoms with Crippen molar-refractivity contribution < 1.29 is 18.7 Å². The van der Waals surface area contributed by atoms with Crippen molar-refractivity contribution in [3.05, 3.63) is 77.1 Å². The summed E-state index contributed by atoms with van der Waals surface area (Å²) in [6, 6.07) is 16.5. The molecule has 1 amide bonds. The van der Waals surface area contributed by atoms with Crippen LogP contribution in [0.4, 0.5) is 5.69 Å². The first kappa shape index (κ1) is 19.3. The molecule has 4 aromatic rings. The van der Waals surface area contributed by atoms with Crippen LogP contribution in [0.25, 0.3) is 17.1 Å². The van der Waals surface area contributed by atoms with Crippen molar-refractivity contribution in [2.75, 3.05) is 18.5 Å². The van der Waals surface area contributed by atoms with Gasteiger partial charge in [0, 0.05) is 18.3 Å². The molecule has 0 unspecified atom stereocenters. The third-order valence-electron chi connectivity index (χ3n) is 4.83. The number of hydrogen-bond donors (Lipinski definition) is 1. The third kappa shape index (κ3) is 3.75. The van der Waals surface area contributed by atoms with Gasteiger partial charge in [-0.05, 0) is 31.2 Å². The summed E-state index contributed by atoms with van der Waals surface area (Å²) in [5.74, 6) is 1.95. The molecule has 1 aliphatic heterocycles. The van der Waals surface area contributed by atoms with E-state index < -0.39 is 0 Å². The predicted octanol–water partition coefficient (Wildman–Crippen LogP) is 5.12. The number of ether oxygens (including phenoxy) is 2. The molecule has 0 atom stereocenters. The van der Waals surface area contributed by atoms with Gasteiger partial charge in [-0.3, -0.25) is 4.79 Å². The number of rotatable bonds is 4. The van der Waals surface area contributed by atoms with Crippen LogP contribution < -0.4 is 14.8 Å². The van der Waals surface area contributed by atoms with Crippen LogP contribution >= 0.6 is 11.6 Å². The number of halogens is 1. The molecule has 1 N–H and O–H groups in total. The van der Waals surface area contributed by atoms with Gasteiger partial charge >= 0.3 is 0 Å².